The summed E-state index contributed by atoms with van der Waals surface area (Å²) in [6, 6.07) is 11.8. The Kier molecular flexibility index (Phi) is 2.27. The zero-order valence-corrected chi connectivity index (χ0v) is 13.2. The van der Waals surface area contributed by atoms with E-state index in [0.29, 0.717) is 0 Å². The van der Waals surface area contributed by atoms with Gasteiger partial charge in [-0.2, -0.15) is 4.57 Å². The van der Waals surface area contributed by atoms with Crippen molar-refractivity contribution in [2.24, 2.45) is 23.7 Å². The lowest BCUT2D eigenvalue weighted by Crippen LogP contribution is -2.48. The number of aromatic nitrogens is 1. The van der Waals surface area contributed by atoms with E-state index in [1.54, 1.807) is 23.2 Å². The van der Waals surface area contributed by atoms with Crippen LogP contribution in [0.4, 0.5) is 0 Å². The summed E-state index contributed by atoms with van der Waals surface area (Å²) in [5.74, 6) is 5.00. The third kappa shape index (κ3) is 1.48. The van der Waals surface area contributed by atoms with Crippen LogP contribution in [0.1, 0.15) is 49.3 Å². The molecule has 22 heavy (non-hydrogen) atoms. The summed E-state index contributed by atoms with van der Waals surface area (Å²) >= 11 is 0. The molecule has 4 bridgehead atoms. The van der Waals surface area contributed by atoms with Crippen molar-refractivity contribution in [3.63, 3.8) is 0 Å². The lowest BCUT2D eigenvalue weighted by molar-refractivity contribution is -0.674. The van der Waals surface area contributed by atoms with Crippen LogP contribution in [0.3, 0.4) is 0 Å². The van der Waals surface area contributed by atoms with E-state index in [0.717, 1.165) is 29.6 Å². The van der Waals surface area contributed by atoms with E-state index in [9.17, 15) is 0 Å². The van der Waals surface area contributed by atoms with Crippen molar-refractivity contribution < 1.29 is 4.57 Å². The first-order valence-electron chi connectivity index (χ1n) is 9.31. The van der Waals surface area contributed by atoms with Crippen LogP contribution in [-0.2, 0) is 13.0 Å². The van der Waals surface area contributed by atoms with E-state index in [1.165, 1.54) is 44.0 Å². The molecule has 1 nitrogen and oxygen atoms in total. The minimum Gasteiger partial charge on any atom is -0.195 e. The van der Waals surface area contributed by atoms with E-state index in [-0.39, 0.29) is 0 Å². The van der Waals surface area contributed by atoms with Crippen molar-refractivity contribution in [3.8, 4) is 0 Å². The van der Waals surface area contributed by atoms with Gasteiger partial charge in [0, 0.05) is 29.4 Å². The number of hydrogen-bond donors (Lipinski definition) is 0. The summed E-state index contributed by atoms with van der Waals surface area (Å²) in [5, 5.41) is 1.45. The van der Waals surface area contributed by atoms with E-state index in [4.69, 9.17) is 0 Å². The zero-order valence-electron chi connectivity index (χ0n) is 13.2. The number of rotatable bonds is 1. The second-order valence-corrected chi connectivity index (χ2v) is 8.47. The summed E-state index contributed by atoms with van der Waals surface area (Å²) in [5.41, 5.74) is 4.81. The van der Waals surface area contributed by atoms with Gasteiger partial charge in [-0.3, -0.25) is 0 Å². The molecule has 0 amide bonds. The van der Waals surface area contributed by atoms with Gasteiger partial charge in [0.1, 0.15) is 0 Å². The third-order valence-corrected chi connectivity index (χ3v) is 7.34. The average Bonchev–Trinajstić information content (AvgIpc) is 2.94. The summed E-state index contributed by atoms with van der Waals surface area (Å²) in [4.78, 5) is 0. The normalized spacial score (nSPS) is 38.1. The topological polar surface area (TPSA) is 3.88 Å². The van der Waals surface area contributed by atoms with Crippen LogP contribution >= 0.6 is 0 Å². The number of aryl methyl sites for hydroxylation is 2. The van der Waals surface area contributed by atoms with Crippen LogP contribution in [-0.4, -0.2) is 0 Å². The molecule has 0 radical (unpaired) electrons. The highest BCUT2D eigenvalue weighted by atomic mass is 15.0. The molecule has 0 atom stereocenters. The summed E-state index contributed by atoms with van der Waals surface area (Å²) in [6.45, 7) is 1.22. The number of hydrogen-bond acceptors (Lipinski definition) is 0. The second-order valence-electron chi connectivity index (χ2n) is 8.47. The SMILES string of the molecule is c1cc2c3c(c1)ccc(C1C4CC5CC(C4)CC1C5)[n+]3CC2. The number of nitrogens with zero attached hydrogens (tertiary/aromatic N) is 1. The molecule has 1 aromatic heterocycles. The second kappa shape index (κ2) is 4.13. The number of para-hydroxylation sites is 1. The predicted octanol–water partition coefficient (Wildman–Crippen LogP) is 4.22. The molecular formula is C21H24N+. The van der Waals surface area contributed by atoms with Gasteiger partial charge in [0.15, 0.2) is 12.2 Å². The Morgan fingerprint density at radius 2 is 1.59 bits per heavy atom. The molecule has 0 N–H and O–H groups in total. The van der Waals surface area contributed by atoms with Crippen molar-refractivity contribution in [1.82, 2.24) is 0 Å². The molecular weight excluding hydrogens is 266 g/mol. The van der Waals surface area contributed by atoms with Crippen LogP contribution in [0.2, 0.25) is 0 Å². The number of benzene rings is 1. The van der Waals surface area contributed by atoms with Gasteiger partial charge >= 0.3 is 0 Å². The molecule has 112 valence electrons. The van der Waals surface area contributed by atoms with Crippen molar-refractivity contribution in [3.05, 3.63) is 41.6 Å². The first kappa shape index (κ1) is 12.1. The van der Waals surface area contributed by atoms with Crippen molar-refractivity contribution >= 4 is 10.9 Å². The molecule has 2 heterocycles. The van der Waals surface area contributed by atoms with Gasteiger partial charge < -0.3 is 0 Å². The Hall–Kier alpha value is -1.37. The number of pyridine rings is 1. The van der Waals surface area contributed by atoms with Crippen molar-refractivity contribution in [1.29, 1.82) is 0 Å². The van der Waals surface area contributed by atoms with Crippen LogP contribution in [0.15, 0.2) is 30.3 Å². The maximum atomic E-state index is 2.71. The Balaban J connectivity index is 1.53. The molecule has 0 saturated heterocycles. The van der Waals surface area contributed by atoms with Gasteiger partial charge in [0.25, 0.3) is 0 Å². The molecule has 1 heteroatoms. The fourth-order valence-corrected chi connectivity index (χ4v) is 6.84. The quantitative estimate of drug-likeness (QED) is 0.692. The van der Waals surface area contributed by atoms with Gasteiger partial charge in [0.2, 0.25) is 5.52 Å². The molecule has 4 aliphatic carbocycles. The molecule has 5 aliphatic rings. The largest absolute Gasteiger partial charge is 0.216 e. The van der Waals surface area contributed by atoms with E-state index < -0.39 is 0 Å². The first-order valence-corrected chi connectivity index (χ1v) is 9.31. The molecule has 1 aromatic carbocycles. The van der Waals surface area contributed by atoms with Crippen molar-refractivity contribution in [2.75, 3.05) is 0 Å². The molecule has 2 aromatic rings. The van der Waals surface area contributed by atoms with Crippen LogP contribution in [0, 0.1) is 23.7 Å². The minimum atomic E-state index is 0.864. The highest BCUT2D eigenvalue weighted by Crippen LogP contribution is 2.59. The Bertz CT molecular complexity index is 747. The fourth-order valence-electron chi connectivity index (χ4n) is 6.84. The monoisotopic (exact) mass is 290 g/mol. The molecule has 7 rings (SSSR count). The molecule has 4 fully saturated rings. The third-order valence-electron chi connectivity index (χ3n) is 7.34. The van der Waals surface area contributed by atoms with E-state index in [2.05, 4.69) is 34.9 Å². The molecule has 0 spiro atoms. The van der Waals surface area contributed by atoms with E-state index >= 15 is 0 Å². The molecule has 4 saturated carbocycles. The first-order chi connectivity index (χ1) is 10.9. The maximum Gasteiger partial charge on any atom is 0.216 e. The van der Waals surface area contributed by atoms with Gasteiger partial charge in [-0.15, -0.1) is 0 Å². The maximum absolute atomic E-state index is 2.71. The van der Waals surface area contributed by atoms with Gasteiger partial charge in [-0.25, -0.2) is 0 Å². The Labute approximate surface area is 132 Å². The Morgan fingerprint density at radius 1 is 0.818 bits per heavy atom. The van der Waals surface area contributed by atoms with Gasteiger partial charge in [-0.05, 0) is 67.9 Å². The predicted molar refractivity (Wildman–Crippen MR) is 87.6 cm³/mol. The highest BCUT2D eigenvalue weighted by Gasteiger charge is 2.51. The van der Waals surface area contributed by atoms with Crippen LogP contribution in [0.5, 0.6) is 0 Å². The molecule has 0 unspecified atom stereocenters. The lowest BCUT2D eigenvalue weighted by atomic mass is 9.51. The van der Waals surface area contributed by atoms with E-state index in [1.807, 2.05) is 0 Å². The fraction of sp³-hybridized carbons (Fsp3) is 0.571. The standard InChI is InChI=1S/C21H24N/c1-2-15-4-5-19(22-7-6-16(3-1)21(15)22)20-17-9-13-8-14(11-17)12-18(20)10-13/h1-5,13-14,17-18,20H,6-12H2/q+1. The van der Waals surface area contributed by atoms with Gasteiger partial charge in [0.05, 0.1) is 0 Å². The zero-order chi connectivity index (χ0) is 14.3. The average molecular weight is 290 g/mol. The summed E-state index contributed by atoms with van der Waals surface area (Å²) < 4.78 is 2.71. The Morgan fingerprint density at radius 3 is 2.36 bits per heavy atom. The van der Waals surface area contributed by atoms with Gasteiger partial charge in [-0.1, -0.05) is 12.1 Å². The summed E-state index contributed by atoms with van der Waals surface area (Å²) in [6.07, 6.45) is 8.90. The van der Waals surface area contributed by atoms with Crippen LogP contribution < -0.4 is 4.57 Å². The lowest BCUT2D eigenvalue weighted by Gasteiger charge is -2.53. The molecule has 1 aliphatic heterocycles. The smallest absolute Gasteiger partial charge is 0.195 e. The highest BCUT2D eigenvalue weighted by molar-refractivity contribution is 5.79. The summed E-state index contributed by atoms with van der Waals surface area (Å²) in [7, 11) is 0. The minimum absolute atomic E-state index is 0.864. The van der Waals surface area contributed by atoms with Crippen LogP contribution in [0.25, 0.3) is 10.9 Å². The van der Waals surface area contributed by atoms with Crippen molar-refractivity contribution in [2.45, 2.75) is 51.0 Å².